The topological polar surface area (TPSA) is 58.6 Å². The molecule has 1 amide bonds. The van der Waals surface area contributed by atoms with E-state index in [0.717, 1.165) is 11.1 Å². The van der Waals surface area contributed by atoms with Crippen LogP contribution in [0.4, 0.5) is 5.69 Å². The van der Waals surface area contributed by atoms with Crippen molar-refractivity contribution in [3.63, 3.8) is 0 Å². The second-order valence-electron chi connectivity index (χ2n) is 3.81. The van der Waals surface area contributed by atoms with Gasteiger partial charge in [-0.1, -0.05) is 17.9 Å². The molecule has 0 atom stereocenters. The van der Waals surface area contributed by atoms with E-state index in [-0.39, 0.29) is 19.1 Å². The van der Waals surface area contributed by atoms with Crippen LogP contribution >= 0.6 is 0 Å². The SMILES string of the molecule is COCC(=O)Nc1cc(C)ccc1C#CCCO. The molecule has 1 rings (SSSR count). The van der Waals surface area contributed by atoms with Crippen molar-refractivity contribution < 1.29 is 14.6 Å². The van der Waals surface area contributed by atoms with Gasteiger partial charge in [-0.15, -0.1) is 0 Å². The van der Waals surface area contributed by atoms with Gasteiger partial charge in [-0.05, 0) is 24.6 Å². The third-order valence-corrected chi connectivity index (χ3v) is 2.18. The number of rotatable bonds is 4. The van der Waals surface area contributed by atoms with Gasteiger partial charge in [0, 0.05) is 19.1 Å². The molecule has 0 radical (unpaired) electrons. The largest absolute Gasteiger partial charge is 0.395 e. The molecule has 96 valence electrons. The minimum absolute atomic E-state index is 0.0114. The van der Waals surface area contributed by atoms with Gasteiger partial charge in [-0.25, -0.2) is 0 Å². The van der Waals surface area contributed by atoms with Crippen molar-refractivity contribution in [3.05, 3.63) is 29.3 Å². The van der Waals surface area contributed by atoms with Crippen molar-refractivity contribution in [2.24, 2.45) is 0 Å². The summed E-state index contributed by atoms with van der Waals surface area (Å²) in [5, 5.41) is 11.4. The molecule has 0 fully saturated rings. The van der Waals surface area contributed by atoms with E-state index in [4.69, 9.17) is 9.84 Å². The molecule has 0 aromatic heterocycles. The lowest BCUT2D eigenvalue weighted by Crippen LogP contribution is -2.17. The molecule has 2 N–H and O–H groups in total. The zero-order valence-corrected chi connectivity index (χ0v) is 10.6. The molecular weight excluding hydrogens is 230 g/mol. The molecule has 0 bridgehead atoms. The Bertz CT molecular complexity index is 472. The van der Waals surface area contributed by atoms with Gasteiger partial charge in [0.05, 0.1) is 12.3 Å². The van der Waals surface area contributed by atoms with Crippen LogP contribution in [0.2, 0.25) is 0 Å². The van der Waals surface area contributed by atoms with Crippen molar-refractivity contribution in [1.29, 1.82) is 0 Å². The summed E-state index contributed by atoms with van der Waals surface area (Å²) in [6, 6.07) is 5.63. The van der Waals surface area contributed by atoms with Gasteiger partial charge in [-0.3, -0.25) is 4.79 Å². The number of hydrogen-bond acceptors (Lipinski definition) is 3. The Morgan fingerprint density at radius 1 is 1.50 bits per heavy atom. The first kappa shape index (κ1) is 14.2. The van der Waals surface area contributed by atoms with Crippen LogP contribution in [0.1, 0.15) is 17.5 Å². The van der Waals surface area contributed by atoms with E-state index in [2.05, 4.69) is 17.2 Å². The van der Waals surface area contributed by atoms with Crippen LogP contribution < -0.4 is 5.32 Å². The van der Waals surface area contributed by atoms with Crippen molar-refractivity contribution in [3.8, 4) is 11.8 Å². The summed E-state index contributed by atoms with van der Waals surface area (Å²) in [7, 11) is 1.47. The fraction of sp³-hybridized carbons (Fsp3) is 0.357. The maximum absolute atomic E-state index is 11.5. The number of carbonyl (C=O) groups is 1. The van der Waals surface area contributed by atoms with E-state index in [1.165, 1.54) is 7.11 Å². The van der Waals surface area contributed by atoms with E-state index in [1.54, 1.807) is 0 Å². The molecule has 4 nitrogen and oxygen atoms in total. The lowest BCUT2D eigenvalue weighted by Gasteiger charge is -2.08. The van der Waals surface area contributed by atoms with Gasteiger partial charge in [0.1, 0.15) is 6.61 Å². The fourth-order valence-electron chi connectivity index (χ4n) is 1.40. The predicted octanol–water partition coefficient (Wildman–Crippen LogP) is 1.31. The molecule has 0 spiro atoms. The van der Waals surface area contributed by atoms with Crippen molar-refractivity contribution in [2.75, 3.05) is 25.6 Å². The van der Waals surface area contributed by atoms with E-state index < -0.39 is 0 Å². The fourth-order valence-corrected chi connectivity index (χ4v) is 1.40. The van der Waals surface area contributed by atoms with Crippen LogP contribution in [0.15, 0.2) is 18.2 Å². The first-order chi connectivity index (χ1) is 8.67. The van der Waals surface area contributed by atoms with E-state index in [0.29, 0.717) is 12.1 Å². The number of aliphatic hydroxyl groups is 1. The maximum Gasteiger partial charge on any atom is 0.250 e. The van der Waals surface area contributed by atoms with Gasteiger partial charge in [0.15, 0.2) is 0 Å². The Labute approximate surface area is 107 Å². The summed E-state index contributed by atoms with van der Waals surface area (Å²) in [5.74, 6) is 5.54. The summed E-state index contributed by atoms with van der Waals surface area (Å²) < 4.78 is 4.76. The smallest absolute Gasteiger partial charge is 0.250 e. The normalized spacial score (nSPS) is 9.50. The van der Waals surface area contributed by atoms with Crippen molar-refractivity contribution >= 4 is 11.6 Å². The molecule has 0 heterocycles. The predicted molar refractivity (Wildman–Crippen MR) is 70.3 cm³/mol. The van der Waals surface area contributed by atoms with Gasteiger partial charge in [0.2, 0.25) is 5.91 Å². The summed E-state index contributed by atoms with van der Waals surface area (Å²) in [6.45, 7) is 1.98. The molecule has 0 saturated heterocycles. The number of carbonyl (C=O) groups excluding carboxylic acids is 1. The van der Waals surface area contributed by atoms with Gasteiger partial charge >= 0.3 is 0 Å². The average molecular weight is 247 g/mol. The Morgan fingerprint density at radius 2 is 2.28 bits per heavy atom. The maximum atomic E-state index is 11.5. The van der Waals surface area contributed by atoms with Crippen LogP contribution in [0.5, 0.6) is 0 Å². The number of hydrogen-bond donors (Lipinski definition) is 2. The molecule has 18 heavy (non-hydrogen) atoms. The number of amides is 1. The van der Waals surface area contributed by atoms with E-state index in [1.807, 2.05) is 25.1 Å². The highest BCUT2D eigenvalue weighted by Gasteiger charge is 2.05. The second-order valence-corrected chi connectivity index (χ2v) is 3.81. The Hall–Kier alpha value is -1.83. The minimum Gasteiger partial charge on any atom is -0.395 e. The zero-order chi connectivity index (χ0) is 13.4. The van der Waals surface area contributed by atoms with Crippen molar-refractivity contribution in [2.45, 2.75) is 13.3 Å². The first-order valence-corrected chi connectivity index (χ1v) is 5.66. The number of aryl methyl sites for hydroxylation is 1. The molecule has 0 aliphatic rings. The van der Waals surface area contributed by atoms with E-state index in [9.17, 15) is 4.79 Å². The zero-order valence-electron chi connectivity index (χ0n) is 10.6. The van der Waals surface area contributed by atoms with Crippen LogP contribution in [0, 0.1) is 18.8 Å². The highest BCUT2D eigenvalue weighted by molar-refractivity contribution is 5.93. The Balaban J connectivity index is 2.90. The molecule has 0 saturated carbocycles. The van der Waals surface area contributed by atoms with Crippen LogP contribution in [-0.4, -0.2) is 31.3 Å². The number of nitrogens with one attached hydrogen (secondary N) is 1. The number of benzene rings is 1. The monoisotopic (exact) mass is 247 g/mol. The molecule has 1 aromatic carbocycles. The van der Waals surface area contributed by atoms with Crippen molar-refractivity contribution in [1.82, 2.24) is 0 Å². The van der Waals surface area contributed by atoms with Crippen LogP contribution in [0.25, 0.3) is 0 Å². The number of ether oxygens (including phenoxy) is 1. The lowest BCUT2D eigenvalue weighted by atomic mass is 10.1. The standard InChI is InChI=1S/C14H17NO3/c1-11-6-7-12(5-3-4-8-16)13(9-11)15-14(17)10-18-2/h6-7,9,16H,4,8,10H2,1-2H3,(H,15,17). The average Bonchev–Trinajstić information content (AvgIpc) is 2.32. The molecule has 0 aliphatic carbocycles. The molecular formula is C14H17NO3. The Kier molecular flexibility index (Phi) is 5.92. The molecule has 0 unspecified atom stereocenters. The Morgan fingerprint density at radius 3 is 2.94 bits per heavy atom. The molecule has 4 heteroatoms. The quantitative estimate of drug-likeness (QED) is 0.789. The van der Waals surface area contributed by atoms with Gasteiger partial charge in [0.25, 0.3) is 0 Å². The summed E-state index contributed by atoms with van der Waals surface area (Å²) in [5.41, 5.74) is 2.44. The molecule has 0 aliphatic heterocycles. The second kappa shape index (κ2) is 7.49. The lowest BCUT2D eigenvalue weighted by molar-refractivity contribution is -0.119. The summed E-state index contributed by atoms with van der Waals surface area (Å²) in [4.78, 5) is 11.5. The molecule has 1 aromatic rings. The number of methoxy groups -OCH3 is 1. The number of anilines is 1. The van der Waals surface area contributed by atoms with Gasteiger partial charge < -0.3 is 15.2 Å². The summed E-state index contributed by atoms with van der Waals surface area (Å²) >= 11 is 0. The summed E-state index contributed by atoms with van der Waals surface area (Å²) in [6.07, 6.45) is 0.416. The highest BCUT2D eigenvalue weighted by atomic mass is 16.5. The third-order valence-electron chi connectivity index (χ3n) is 2.18. The third kappa shape index (κ3) is 4.58. The first-order valence-electron chi connectivity index (χ1n) is 5.66. The van der Waals surface area contributed by atoms with E-state index >= 15 is 0 Å². The minimum atomic E-state index is -0.215. The van der Waals surface area contributed by atoms with Gasteiger partial charge in [-0.2, -0.15) is 0 Å². The highest BCUT2D eigenvalue weighted by Crippen LogP contribution is 2.16. The van der Waals surface area contributed by atoms with Crippen LogP contribution in [-0.2, 0) is 9.53 Å². The van der Waals surface area contributed by atoms with Crippen LogP contribution in [0.3, 0.4) is 0 Å². The number of aliphatic hydroxyl groups excluding tert-OH is 1.